The van der Waals surface area contributed by atoms with Crippen molar-refractivity contribution in [1.29, 1.82) is 0 Å². The average Bonchev–Trinajstić information content (AvgIpc) is 2.73. The van der Waals surface area contributed by atoms with Gasteiger partial charge in [0.2, 0.25) is 17.7 Å². The Bertz CT molecular complexity index is 888. The van der Waals surface area contributed by atoms with Crippen LogP contribution in [0.2, 0.25) is 0 Å². The number of benzene rings is 1. The number of esters is 1. The first-order chi connectivity index (χ1) is 14.3. The lowest BCUT2D eigenvalue weighted by molar-refractivity contribution is -0.145. The van der Waals surface area contributed by atoms with Gasteiger partial charge in [-0.05, 0) is 17.2 Å². The van der Waals surface area contributed by atoms with E-state index in [4.69, 9.17) is 9.47 Å². The molecule has 2 aromatic rings. The predicted octanol–water partition coefficient (Wildman–Crippen LogP) is 1.18. The van der Waals surface area contributed by atoms with Crippen LogP contribution in [-0.2, 0) is 32.0 Å². The number of halogens is 1. The van der Waals surface area contributed by atoms with E-state index in [0.29, 0.717) is 11.4 Å². The summed E-state index contributed by atoms with van der Waals surface area (Å²) in [5, 5.41) is 5.08. The van der Waals surface area contributed by atoms with Gasteiger partial charge < -0.3 is 20.1 Å². The Kier molecular flexibility index (Phi) is 8.28. The Morgan fingerprint density at radius 2 is 1.77 bits per heavy atom. The molecule has 0 saturated heterocycles. The highest BCUT2D eigenvalue weighted by atomic mass is 19.1. The second-order valence-corrected chi connectivity index (χ2v) is 6.55. The van der Waals surface area contributed by atoms with Crippen molar-refractivity contribution in [2.24, 2.45) is 0 Å². The van der Waals surface area contributed by atoms with E-state index >= 15 is 0 Å². The largest absolute Gasteiger partial charge is 0.481 e. The van der Waals surface area contributed by atoms with E-state index in [1.807, 2.05) is 0 Å². The minimum atomic E-state index is -1.07. The summed E-state index contributed by atoms with van der Waals surface area (Å²) in [7, 11) is 2.69. The molecule has 2 amide bonds. The van der Waals surface area contributed by atoms with Gasteiger partial charge in [-0.2, -0.15) is 0 Å². The van der Waals surface area contributed by atoms with E-state index in [0.717, 1.165) is 0 Å². The molecule has 0 spiro atoms. The summed E-state index contributed by atoms with van der Waals surface area (Å²) in [6.45, 7) is 1.25. The van der Waals surface area contributed by atoms with Crippen molar-refractivity contribution in [2.75, 3.05) is 14.2 Å². The summed E-state index contributed by atoms with van der Waals surface area (Å²) in [4.78, 5) is 40.7. The van der Waals surface area contributed by atoms with Gasteiger partial charge in [0.15, 0.2) is 0 Å². The molecule has 0 aliphatic carbocycles. The number of nitrogens with zero attached hydrogens (tertiary/aromatic N) is 1. The van der Waals surface area contributed by atoms with Gasteiger partial charge in [-0.25, -0.2) is 14.2 Å². The summed E-state index contributed by atoms with van der Waals surface area (Å²) in [6, 6.07) is 7.21. The highest BCUT2D eigenvalue weighted by Gasteiger charge is 2.28. The molecule has 2 atom stereocenters. The summed E-state index contributed by atoms with van der Waals surface area (Å²) in [6.07, 6.45) is 1.56. The molecule has 0 aliphatic rings. The van der Waals surface area contributed by atoms with E-state index in [2.05, 4.69) is 15.6 Å². The molecule has 0 aliphatic heterocycles. The predicted molar refractivity (Wildman–Crippen MR) is 106 cm³/mol. The third-order valence-corrected chi connectivity index (χ3v) is 4.32. The van der Waals surface area contributed by atoms with Crippen LogP contribution >= 0.6 is 0 Å². The molecule has 1 aromatic heterocycles. The molecular formula is C21H24FN3O5. The van der Waals surface area contributed by atoms with Crippen LogP contribution in [0.15, 0.2) is 42.6 Å². The van der Waals surface area contributed by atoms with Crippen molar-refractivity contribution in [3.05, 3.63) is 59.5 Å². The SMILES string of the molecule is COC(=O)[C@H](Cc1ccc(OC)nc1)NC(=O)[C@H](Cc1ccccc1F)NC(C)=O. The van der Waals surface area contributed by atoms with E-state index in [1.54, 1.807) is 18.2 Å². The molecule has 8 nitrogen and oxygen atoms in total. The molecule has 0 unspecified atom stereocenters. The summed E-state index contributed by atoms with van der Waals surface area (Å²) in [5.74, 6) is -1.83. The monoisotopic (exact) mass is 417 g/mol. The fourth-order valence-corrected chi connectivity index (χ4v) is 2.83. The standard InChI is InChI=1S/C21H24FN3O5/c1-13(26)24-17(11-15-6-4-5-7-16(15)22)20(27)25-18(21(28)30-3)10-14-8-9-19(29-2)23-12-14/h4-9,12,17-18H,10-11H2,1-3H3,(H,24,26)(H,25,27)/t17-,18-/m0/s1. The van der Waals surface area contributed by atoms with Gasteiger partial charge >= 0.3 is 5.97 Å². The van der Waals surface area contributed by atoms with Gasteiger partial charge in [-0.15, -0.1) is 0 Å². The molecule has 0 fully saturated rings. The number of rotatable bonds is 9. The molecule has 160 valence electrons. The van der Waals surface area contributed by atoms with Gasteiger partial charge in [0.1, 0.15) is 17.9 Å². The molecule has 1 aromatic carbocycles. The summed E-state index contributed by atoms with van der Waals surface area (Å²) < 4.78 is 23.8. The normalized spacial score (nSPS) is 12.4. The lowest BCUT2D eigenvalue weighted by Gasteiger charge is -2.22. The van der Waals surface area contributed by atoms with E-state index in [9.17, 15) is 18.8 Å². The minimum Gasteiger partial charge on any atom is -0.481 e. The smallest absolute Gasteiger partial charge is 0.328 e. The van der Waals surface area contributed by atoms with Gasteiger partial charge in [-0.1, -0.05) is 24.3 Å². The zero-order chi connectivity index (χ0) is 22.1. The van der Waals surface area contributed by atoms with Crippen LogP contribution in [-0.4, -0.2) is 49.1 Å². The molecule has 0 bridgehead atoms. The van der Waals surface area contributed by atoms with E-state index < -0.39 is 35.7 Å². The summed E-state index contributed by atoms with van der Waals surface area (Å²) in [5.41, 5.74) is 0.928. The quantitative estimate of drug-likeness (QED) is 0.594. The first kappa shape index (κ1) is 22.8. The number of carbonyl (C=O) groups is 3. The lowest BCUT2D eigenvalue weighted by Crippen LogP contribution is -2.53. The van der Waals surface area contributed by atoms with Gasteiger partial charge in [-0.3, -0.25) is 9.59 Å². The lowest BCUT2D eigenvalue weighted by atomic mass is 10.0. The van der Waals surface area contributed by atoms with Crippen molar-refractivity contribution in [2.45, 2.75) is 31.8 Å². The summed E-state index contributed by atoms with van der Waals surface area (Å²) >= 11 is 0. The molecule has 0 radical (unpaired) electrons. The van der Waals surface area contributed by atoms with Crippen LogP contribution in [0.1, 0.15) is 18.1 Å². The van der Waals surface area contributed by atoms with Crippen molar-refractivity contribution in [3.63, 3.8) is 0 Å². The maximum atomic E-state index is 14.0. The molecule has 30 heavy (non-hydrogen) atoms. The van der Waals surface area contributed by atoms with Crippen molar-refractivity contribution < 1.29 is 28.2 Å². The van der Waals surface area contributed by atoms with E-state index in [-0.39, 0.29) is 18.4 Å². The zero-order valence-corrected chi connectivity index (χ0v) is 17.0. The number of hydrogen-bond donors (Lipinski definition) is 2. The Morgan fingerprint density at radius 1 is 1.03 bits per heavy atom. The van der Waals surface area contributed by atoms with E-state index in [1.165, 1.54) is 45.5 Å². The highest BCUT2D eigenvalue weighted by molar-refractivity contribution is 5.90. The van der Waals surface area contributed by atoms with Crippen LogP contribution in [0.3, 0.4) is 0 Å². The molecule has 1 heterocycles. The number of amides is 2. The van der Waals surface area contributed by atoms with Crippen LogP contribution in [0.4, 0.5) is 4.39 Å². The van der Waals surface area contributed by atoms with Crippen molar-refractivity contribution in [1.82, 2.24) is 15.6 Å². The Labute approximate surface area is 173 Å². The van der Waals surface area contributed by atoms with Crippen molar-refractivity contribution in [3.8, 4) is 5.88 Å². The fraction of sp³-hybridized carbons (Fsp3) is 0.333. The number of carbonyl (C=O) groups excluding carboxylic acids is 3. The third-order valence-electron chi connectivity index (χ3n) is 4.32. The fourth-order valence-electron chi connectivity index (χ4n) is 2.83. The second-order valence-electron chi connectivity index (χ2n) is 6.55. The molecule has 2 rings (SSSR count). The zero-order valence-electron chi connectivity index (χ0n) is 17.0. The first-order valence-corrected chi connectivity index (χ1v) is 9.21. The average molecular weight is 417 g/mol. The number of aromatic nitrogens is 1. The maximum absolute atomic E-state index is 14.0. The number of methoxy groups -OCH3 is 2. The van der Waals surface area contributed by atoms with Crippen LogP contribution in [0.5, 0.6) is 5.88 Å². The first-order valence-electron chi connectivity index (χ1n) is 9.21. The second kappa shape index (κ2) is 10.9. The Hall–Kier alpha value is -3.49. The number of hydrogen-bond acceptors (Lipinski definition) is 6. The third kappa shape index (κ3) is 6.54. The van der Waals surface area contributed by atoms with Crippen LogP contribution < -0.4 is 15.4 Å². The van der Waals surface area contributed by atoms with Crippen LogP contribution in [0, 0.1) is 5.82 Å². The highest BCUT2D eigenvalue weighted by Crippen LogP contribution is 2.12. The Balaban J connectivity index is 2.17. The topological polar surface area (TPSA) is 107 Å². The number of ether oxygens (including phenoxy) is 2. The minimum absolute atomic E-state index is 0.0733. The van der Waals surface area contributed by atoms with Gasteiger partial charge in [0, 0.05) is 32.0 Å². The maximum Gasteiger partial charge on any atom is 0.328 e. The Morgan fingerprint density at radius 3 is 2.33 bits per heavy atom. The number of pyridine rings is 1. The van der Waals surface area contributed by atoms with Crippen LogP contribution in [0.25, 0.3) is 0 Å². The van der Waals surface area contributed by atoms with Crippen molar-refractivity contribution >= 4 is 17.8 Å². The molecule has 2 N–H and O–H groups in total. The molecule has 0 saturated carbocycles. The van der Waals surface area contributed by atoms with Gasteiger partial charge in [0.25, 0.3) is 0 Å². The molecular weight excluding hydrogens is 393 g/mol. The number of nitrogens with one attached hydrogen (secondary N) is 2. The molecule has 9 heteroatoms. The van der Waals surface area contributed by atoms with Gasteiger partial charge in [0.05, 0.1) is 14.2 Å².